The molecule has 0 saturated carbocycles. The van der Waals surface area contributed by atoms with Crippen LogP contribution in [-0.4, -0.2) is 25.3 Å². The van der Waals surface area contributed by atoms with Crippen LogP contribution in [0.3, 0.4) is 0 Å². The fourth-order valence-corrected chi connectivity index (χ4v) is 2.03. The molecule has 126 valence electrons. The molecule has 0 fully saturated rings. The predicted octanol–water partition coefficient (Wildman–Crippen LogP) is 3.64. The van der Waals surface area contributed by atoms with Gasteiger partial charge in [-0.1, -0.05) is 19.1 Å². The fraction of sp³-hybridized carbons (Fsp3) is 0.263. The highest BCUT2D eigenvalue weighted by Crippen LogP contribution is 2.18. The Bertz CT molecular complexity index is 681. The van der Waals surface area contributed by atoms with Crippen molar-refractivity contribution in [2.45, 2.75) is 20.3 Å². The topological polar surface area (TPSA) is 59.9 Å². The summed E-state index contributed by atoms with van der Waals surface area (Å²) in [5, 5.41) is 3.99. The van der Waals surface area contributed by atoms with Crippen molar-refractivity contribution in [3.05, 3.63) is 59.7 Å². The molecule has 0 aliphatic carbocycles. The van der Waals surface area contributed by atoms with E-state index < -0.39 is 0 Å². The van der Waals surface area contributed by atoms with Crippen LogP contribution < -0.4 is 14.9 Å². The van der Waals surface area contributed by atoms with Crippen LogP contribution >= 0.6 is 0 Å². The van der Waals surface area contributed by atoms with E-state index in [0.717, 1.165) is 17.7 Å². The minimum Gasteiger partial charge on any atom is -0.494 e. The van der Waals surface area contributed by atoms with E-state index in [0.29, 0.717) is 24.5 Å². The second-order valence-corrected chi connectivity index (χ2v) is 5.05. The molecule has 5 heteroatoms. The largest absolute Gasteiger partial charge is 0.494 e. The molecular formula is C19H22N2O3. The second-order valence-electron chi connectivity index (χ2n) is 5.05. The molecule has 0 atom stereocenters. The van der Waals surface area contributed by atoms with Gasteiger partial charge in [0.2, 0.25) is 0 Å². The van der Waals surface area contributed by atoms with Crippen molar-refractivity contribution in [3.63, 3.8) is 0 Å². The van der Waals surface area contributed by atoms with Gasteiger partial charge < -0.3 is 9.47 Å². The summed E-state index contributed by atoms with van der Waals surface area (Å²) in [5.41, 5.74) is 3.86. The van der Waals surface area contributed by atoms with Crippen LogP contribution in [-0.2, 0) is 0 Å². The van der Waals surface area contributed by atoms with Crippen molar-refractivity contribution < 1.29 is 14.3 Å². The van der Waals surface area contributed by atoms with Gasteiger partial charge in [-0.3, -0.25) is 4.79 Å². The zero-order valence-corrected chi connectivity index (χ0v) is 14.0. The Hall–Kier alpha value is -2.82. The van der Waals surface area contributed by atoms with E-state index in [1.165, 1.54) is 0 Å². The van der Waals surface area contributed by atoms with Gasteiger partial charge in [0.1, 0.15) is 11.5 Å². The molecule has 2 rings (SSSR count). The number of hydrogen-bond acceptors (Lipinski definition) is 4. The number of para-hydroxylation sites is 1. The highest BCUT2D eigenvalue weighted by atomic mass is 16.5. The van der Waals surface area contributed by atoms with Crippen LogP contribution in [0.4, 0.5) is 0 Å². The molecule has 1 N–H and O–H groups in total. The first-order valence-corrected chi connectivity index (χ1v) is 8.02. The zero-order chi connectivity index (χ0) is 17.2. The number of carbonyl (C=O) groups is 1. The quantitative estimate of drug-likeness (QED) is 0.595. The smallest absolute Gasteiger partial charge is 0.275 e. The van der Waals surface area contributed by atoms with Gasteiger partial charge in [0.05, 0.1) is 25.0 Å². The highest BCUT2D eigenvalue weighted by molar-refractivity contribution is 5.97. The molecule has 5 nitrogen and oxygen atoms in total. The molecule has 0 aliphatic heterocycles. The first-order valence-electron chi connectivity index (χ1n) is 8.02. The summed E-state index contributed by atoms with van der Waals surface area (Å²) in [7, 11) is 0. The van der Waals surface area contributed by atoms with Gasteiger partial charge in [-0.25, -0.2) is 5.43 Å². The minimum atomic E-state index is -0.302. The van der Waals surface area contributed by atoms with Gasteiger partial charge in [-0.05, 0) is 55.3 Å². The Morgan fingerprint density at radius 2 is 1.83 bits per heavy atom. The molecule has 0 spiro atoms. The number of hydrazone groups is 1. The van der Waals surface area contributed by atoms with Crippen LogP contribution in [0.15, 0.2) is 53.6 Å². The molecule has 0 unspecified atom stereocenters. The van der Waals surface area contributed by atoms with Crippen LogP contribution in [0.5, 0.6) is 11.5 Å². The zero-order valence-electron chi connectivity index (χ0n) is 14.0. The second kappa shape index (κ2) is 9.35. The number of nitrogens with one attached hydrogen (secondary N) is 1. The molecule has 0 saturated heterocycles. The number of nitrogens with zero attached hydrogens (tertiary/aromatic N) is 1. The van der Waals surface area contributed by atoms with E-state index in [9.17, 15) is 4.79 Å². The predicted molar refractivity (Wildman–Crippen MR) is 94.9 cm³/mol. The fourth-order valence-electron chi connectivity index (χ4n) is 2.03. The van der Waals surface area contributed by atoms with Gasteiger partial charge in [0.25, 0.3) is 5.91 Å². The SMILES string of the molecule is CCCOc1ccccc1C(=O)NN=Cc1ccc(OCC)cc1. The first-order chi connectivity index (χ1) is 11.7. The van der Waals surface area contributed by atoms with Crippen LogP contribution in [0.2, 0.25) is 0 Å². The lowest BCUT2D eigenvalue weighted by molar-refractivity contribution is 0.0951. The molecular weight excluding hydrogens is 304 g/mol. The summed E-state index contributed by atoms with van der Waals surface area (Å²) in [6.07, 6.45) is 2.47. The Morgan fingerprint density at radius 1 is 1.08 bits per heavy atom. The minimum absolute atomic E-state index is 0.302. The maximum Gasteiger partial charge on any atom is 0.275 e. The van der Waals surface area contributed by atoms with Gasteiger partial charge in [-0.15, -0.1) is 0 Å². The van der Waals surface area contributed by atoms with Crippen molar-refractivity contribution in [1.82, 2.24) is 5.43 Å². The summed E-state index contributed by atoms with van der Waals surface area (Å²) >= 11 is 0. The van der Waals surface area contributed by atoms with Crippen molar-refractivity contribution in [3.8, 4) is 11.5 Å². The molecule has 24 heavy (non-hydrogen) atoms. The Labute approximate surface area is 142 Å². The third-order valence-corrected chi connectivity index (χ3v) is 3.16. The van der Waals surface area contributed by atoms with E-state index in [4.69, 9.17) is 9.47 Å². The molecule has 0 bridgehead atoms. The normalized spacial score (nSPS) is 10.6. The lowest BCUT2D eigenvalue weighted by Gasteiger charge is -2.09. The number of carbonyl (C=O) groups excluding carboxylic acids is 1. The Kier molecular flexibility index (Phi) is 6.83. The van der Waals surface area contributed by atoms with Gasteiger partial charge in [-0.2, -0.15) is 5.10 Å². The van der Waals surface area contributed by atoms with Gasteiger partial charge >= 0.3 is 0 Å². The van der Waals surface area contributed by atoms with Crippen LogP contribution in [0.25, 0.3) is 0 Å². The van der Waals surface area contributed by atoms with Crippen molar-refractivity contribution in [2.24, 2.45) is 5.10 Å². The average molecular weight is 326 g/mol. The Morgan fingerprint density at radius 3 is 2.54 bits per heavy atom. The van der Waals surface area contributed by atoms with Gasteiger partial charge in [0, 0.05) is 0 Å². The summed E-state index contributed by atoms with van der Waals surface area (Å²) in [4.78, 5) is 12.2. The van der Waals surface area contributed by atoms with Crippen molar-refractivity contribution in [2.75, 3.05) is 13.2 Å². The maximum atomic E-state index is 12.2. The van der Waals surface area contributed by atoms with E-state index in [2.05, 4.69) is 10.5 Å². The monoisotopic (exact) mass is 326 g/mol. The standard InChI is InChI=1S/C19H22N2O3/c1-3-13-24-18-8-6-5-7-17(18)19(22)21-20-14-15-9-11-16(12-10-15)23-4-2/h5-12,14H,3-4,13H2,1-2H3,(H,21,22). The summed E-state index contributed by atoms with van der Waals surface area (Å²) in [5.74, 6) is 1.07. The highest BCUT2D eigenvalue weighted by Gasteiger charge is 2.10. The molecule has 0 aliphatic rings. The third-order valence-electron chi connectivity index (χ3n) is 3.16. The average Bonchev–Trinajstić information content (AvgIpc) is 2.62. The van der Waals surface area contributed by atoms with Crippen LogP contribution in [0, 0.1) is 0 Å². The molecule has 1 amide bonds. The van der Waals surface area contributed by atoms with Gasteiger partial charge in [0.15, 0.2) is 0 Å². The van der Waals surface area contributed by atoms with Crippen molar-refractivity contribution in [1.29, 1.82) is 0 Å². The molecule has 2 aromatic rings. The van der Waals surface area contributed by atoms with E-state index in [-0.39, 0.29) is 5.91 Å². The lowest BCUT2D eigenvalue weighted by atomic mass is 10.2. The maximum absolute atomic E-state index is 12.2. The third kappa shape index (κ3) is 5.12. The van der Waals surface area contributed by atoms with E-state index in [1.807, 2.05) is 44.2 Å². The Balaban J connectivity index is 1.97. The number of benzene rings is 2. The number of amides is 1. The molecule has 0 aromatic heterocycles. The van der Waals surface area contributed by atoms with E-state index >= 15 is 0 Å². The summed E-state index contributed by atoms with van der Waals surface area (Å²) < 4.78 is 11.0. The molecule has 0 heterocycles. The molecule has 2 aromatic carbocycles. The number of rotatable bonds is 8. The first kappa shape index (κ1) is 17.5. The number of hydrogen-bond donors (Lipinski definition) is 1. The summed E-state index contributed by atoms with van der Waals surface area (Å²) in [6, 6.07) is 14.6. The van der Waals surface area contributed by atoms with Crippen molar-refractivity contribution >= 4 is 12.1 Å². The number of ether oxygens (including phenoxy) is 2. The molecule has 0 radical (unpaired) electrons. The lowest BCUT2D eigenvalue weighted by Crippen LogP contribution is -2.18. The van der Waals surface area contributed by atoms with Crippen LogP contribution in [0.1, 0.15) is 36.2 Å². The summed E-state index contributed by atoms with van der Waals surface area (Å²) in [6.45, 7) is 5.15. The van der Waals surface area contributed by atoms with E-state index in [1.54, 1.807) is 24.4 Å².